The van der Waals surface area contributed by atoms with Gasteiger partial charge in [0.05, 0.1) is 12.6 Å². The highest BCUT2D eigenvalue weighted by Gasteiger charge is 2.46. The molecule has 7 nitrogen and oxygen atoms in total. The van der Waals surface area contributed by atoms with E-state index in [1.807, 2.05) is 58.0 Å². The van der Waals surface area contributed by atoms with E-state index in [9.17, 15) is 9.59 Å². The highest BCUT2D eigenvalue weighted by molar-refractivity contribution is 5.69. The van der Waals surface area contributed by atoms with Gasteiger partial charge in [0.2, 0.25) is 0 Å². The van der Waals surface area contributed by atoms with Crippen LogP contribution in [-0.2, 0) is 20.8 Å². The lowest BCUT2D eigenvalue weighted by molar-refractivity contribution is -0.0308. The second-order valence-electron chi connectivity index (χ2n) is 7.85. The molecular weight excluding hydrogens is 348 g/mol. The van der Waals surface area contributed by atoms with Gasteiger partial charge in [-0.3, -0.25) is 0 Å². The first-order valence-corrected chi connectivity index (χ1v) is 9.15. The lowest BCUT2D eigenvalue weighted by atomic mass is 9.94. The molecule has 2 rings (SSSR count). The van der Waals surface area contributed by atoms with Crippen LogP contribution in [0.2, 0.25) is 0 Å². The lowest BCUT2D eigenvalue weighted by Crippen LogP contribution is -2.54. The van der Waals surface area contributed by atoms with Crippen molar-refractivity contribution in [1.29, 1.82) is 0 Å². The number of hydrogen-bond donors (Lipinski definition) is 1. The zero-order valence-corrected chi connectivity index (χ0v) is 16.8. The third-order valence-electron chi connectivity index (χ3n) is 4.66. The molecule has 0 saturated carbocycles. The molecule has 2 amide bonds. The van der Waals surface area contributed by atoms with Crippen molar-refractivity contribution in [2.45, 2.75) is 58.0 Å². The average Bonchev–Trinajstić information content (AvgIpc) is 3.06. The molecule has 1 N–H and O–H groups in total. The number of benzene rings is 1. The van der Waals surface area contributed by atoms with E-state index < -0.39 is 17.3 Å². The number of carbonyl (C=O) groups excluding carboxylic acids is 2. The van der Waals surface area contributed by atoms with Crippen LogP contribution in [0.3, 0.4) is 0 Å². The van der Waals surface area contributed by atoms with Crippen LogP contribution >= 0.6 is 0 Å². The van der Waals surface area contributed by atoms with Crippen molar-refractivity contribution in [3.63, 3.8) is 0 Å². The molecule has 1 aromatic carbocycles. The number of nitrogens with one attached hydrogen (secondary N) is 1. The number of hydrogen-bond acceptors (Lipinski definition) is 5. The van der Waals surface area contributed by atoms with Crippen LogP contribution in [0.5, 0.6) is 0 Å². The Balaban J connectivity index is 1.90. The minimum atomic E-state index is -0.678. The van der Waals surface area contributed by atoms with Gasteiger partial charge in [-0.25, -0.2) is 9.59 Å². The van der Waals surface area contributed by atoms with Crippen molar-refractivity contribution >= 4 is 12.2 Å². The molecule has 7 heteroatoms. The molecule has 1 aliphatic rings. The third-order valence-corrected chi connectivity index (χ3v) is 4.66. The highest BCUT2D eigenvalue weighted by Crippen LogP contribution is 2.29. The number of methoxy groups -OCH3 is 1. The topological polar surface area (TPSA) is 77.1 Å². The first-order valence-electron chi connectivity index (χ1n) is 9.15. The second-order valence-corrected chi connectivity index (χ2v) is 7.85. The molecule has 0 bridgehead atoms. The predicted octanol–water partition coefficient (Wildman–Crippen LogP) is 3.33. The summed E-state index contributed by atoms with van der Waals surface area (Å²) in [6, 6.07) is 9.14. The molecule has 1 aromatic rings. The number of likely N-dealkylation sites (tertiary alicyclic amines) is 1. The minimum absolute atomic E-state index is 0.198. The number of ether oxygens (including phenoxy) is 3. The summed E-state index contributed by atoms with van der Waals surface area (Å²) in [6.45, 7) is 8.40. The van der Waals surface area contributed by atoms with Crippen LogP contribution in [0.1, 0.15) is 39.7 Å². The van der Waals surface area contributed by atoms with Crippen molar-refractivity contribution in [3.8, 4) is 0 Å². The number of amides is 2. The third kappa shape index (κ3) is 5.85. The number of carbonyl (C=O) groups is 2. The second kappa shape index (κ2) is 8.61. The zero-order valence-electron chi connectivity index (χ0n) is 16.8. The maximum absolute atomic E-state index is 12.3. The minimum Gasteiger partial charge on any atom is -0.445 e. The van der Waals surface area contributed by atoms with E-state index in [0.717, 1.165) is 5.56 Å². The largest absolute Gasteiger partial charge is 0.445 e. The lowest BCUT2D eigenvalue weighted by Gasteiger charge is -2.34. The molecule has 2 atom stereocenters. The number of nitrogens with zero attached hydrogens (tertiary/aromatic N) is 1. The number of rotatable bonds is 5. The molecule has 1 heterocycles. The summed E-state index contributed by atoms with van der Waals surface area (Å²) >= 11 is 0. The van der Waals surface area contributed by atoms with Crippen molar-refractivity contribution < 1.29 is 23.8 Å². The predicted molar refractivity (Wildman–Crippen MR) is 101 cm³/mol. The maximum Gasteiger partial charge on any atom is 0.410 e. The van der Waals surface area contributed by atoms with E-state index in [-0.39, 0.29) is 18.7 Å². The van der Waals surface area contributed by atoms with E-state index in [4.69, 9.17) is 14.2 Å². The Hall–Kier alpha value is -2.28. The summed E-state index contributed by atoms with van der Waals surface area (Å²) in [6.07, 6.45) is -0.290. The zero-order chi connectivity index (χ0) is 20.1. The fourth-order valence-corrected chi connectivity index (χ4v) is 3.06. The normalized spacial score (nSPS) is 20.9. The molecule has 0 radical (unpaired) electrons. The van der Waals surface area contributed by atoms with Gasteiger partial charge in [0.15, 0.2) is 0 Å². The SMILES string of the molecule is COC1(C(C)NC(=O)OCc2ccccc2)CCN(C(=O)OC(C)(C)C)C1. The number of alkyl carbamates (subject to hydrolysis) is 1. The van der Waals surface area contributed by atoms with E-state index in [1.54, 1.807) is 12.0 Å². The molecular formula is C20H30N2O5. The average molecular weight is 378 g/mol. The molecule has 1 fully saturated rings. The van der Waals surface area contributed by atoms with E-state index in [2.05, 4.69) is 5.32 Å². The van der Waals surface area contributed by atoms with Crippen LogP contribution in [0.25, 0.3) is 0 Å². The van der Waals surface area contributed by atoms with Gasteiger partial charge in [-0.15, -0.1) is 0 Å². The summed E-state index contributed by atoms with van der Waals surface area (Å²) in [5.41, 5.74) is -0.317. The Morgan fingerprint density at radius 3 is 2.52 bits per heavy atom. The molecule has 27 heavy (non-hydrogen) atoms. The molecule has 2 unspecified atom stereocenters. The van der Waals surface area contributed by atoms with Gasteiger partial charge >= 0.3 is 12.2 Å². The quantitative estimate of drug-likeness (QED) is 0.850. The summed E-state index contributed by atoms with van der Waals surface area (Å²) in [5, 5.41) is 2.83. The van der Waals surface area contributed by atoms with Gasteiger partial charge in [0, 0.05) is 13.7 Å². The summed E-state index contributed by atoms with van der Waals surface area (Å²) in [7, 11) is 1.59. The summed E-state index contributed by atoms with van der Waals surface area (Å²) in [5.74, 6) is 0. The smallest absolute Gasteiger partial charge is 0.410 e. The Labute approximate surface area is 161 Å². The van der Waals surface area contributed by atoms with Gasteiger partial charge in [-0.1, -0.05) is 30.3 Å². The van der Waals surface area contributed by atoms with Crippen molar-refractivity contribution in [1.82, 2.24) is 10.2 Å². The van der Waals surface area contributed by atoms with E-state index in [1.165, 1.54) is 0 Å². The fraction of sp³-hybridized carbons (Fsp3) is 0.600. The molecule has 1 saturated heterocycles. The van der Waals surface area contributed by atoms with Crippen LogP contribution in [0.15, 0.2) is 30.3 Å². The Morgan fingerprint density at radius 1 is 1.26 bits per heavy atom. The van der Waals surface area contributed by atoms with Gasteiger partial charge in [-0.05, 0) is 39.7 Å². The Bertz CT molecular complexity index is 644. The molecule has 150 valence electrons. The van der Waals surface area contributed by atoms with Crippen LogP contribution in [0.4, 0.5) is 9.59 Å². The standard InChI is InChI=1S/C20H30N2O5/c1-15(21-17(23)26-13-16-9-7-6-8-10-16)20(25-5)11-12-22(14-20)18(24)27-19(2,3)4/h6-10,15H,11-14H2,1-5H3,(H,21,23). The maximum atomic E-state index is 12.3. The summed E-state index contributed by atoms with van der Waals surface area (Å²) in [4.78, 5) is 26.1. The van der Waals surface area contributed by atoms with Gasteiger partial charge < -0.3 is 24.4 Å². The monoisotopic (exact) mass is 378 g/mol. The van der Waals surface area contributed by atoms with E-state index in [0.29, 0.717) is 19.5 Å². The fourth-order valence-electron chi connectivity index (χ4n) is 3.06. The van der Waals surface area contributed by atoms with Crippen molar-refractivity contribution in [3.05, 3.63) is 35.9 Å². The summed E-state index contributed by atoms with van der Waals surface area (Å²) < 4.78 is 16.4. The molecule has 0 aliphatic carbocycles. The van der Waals surface area contributed by atoms with Gasteiger partial charge in [0.1, 0.15) is 17.8 Å². The Morgan fingerprint density at radius 2 is 1.93 bits per heavy atom. The van der Waals surface area contributed by atoms with Crippen LogP contribution < -0.4 is 5.32 Å². The molecule has 0 aromatic heterocycles. The highest BCUT2D eigenvalue weighted by atomic mass is 16.6. The van der Waals surface area contributed by atoms with Crippen LogP contribution in [-0.4, -0.2) is 54.5 Å². The van der Waals surface area contributed by atoms with Crippen LogP contribution in [0, 0.1) is 0 Å². The Kier molecular flexibility index (Phi) is 6.70. The first kappa shape index (κ1) is 21.0. The van der Waals surface area contributed by atoms with Crippen molar-refractivity contribution in [2.75, 3.05) is 20.2 Å². The van der Waals surface area contributed by atoms with E-state index >= 15 is 0 Å². The first-order chi connectivity index (χ1) is 12.6. The van der Waals surface area contributed by atoms with Gasteiger partial charge in [0.25, 0.3) is 0 Å². The molecule has 1 aliphatic heterocycles. The van der Waals surface area contributed by atoms with Crippen molar-refractivity contribution in [2.24, 2.45) is 0 Å². The van der Waals surface area contributed by atoms with Gasteiger partial charge in [-0.2, -0.15) is 0 Å². The molecule has 0 spiro atoms.